The molecule has 0 aromatic heterocycles. The number of nitro groups is 1. The molecule has 0 saturated carbocycles. The minimum Gasteiger partial charge on any atom is -0.484 e. The molecule has 0 aliphatic heterocycles. The van der Waals surface area contributed by atoms with Crippen molar-refractivity contribution in [2.45, 2.75) is 32.6 Å². The summed E-state index contributed by atoms with van der Waals surface area (Å²) in [6, 6.07) is 3.59. The molecule has 20 heavy (non-hydrogen) atoms. The van der Waals surface area contributed by atoms with E-state index in [1.54, 1.807) is 0 Å². The van der Waals surface area contributed by atoms with Crippen LogP contribution in [0.3, 0.4) is 0 Å². The van der Waals surface area contributed by atoms with Gasteiger partial charge in [0.25, 0.3) is 5.69 Å². The van der Waals surface area contributed by atoms with Crippen molar-refractivity contribution in [2.24, 2.45) is 0 Å². The van der Waals surface area contributed by atoms with E-state index in [4.69, 9.17) is 0 Å². The maximum atomic E-state index is 12.1. The molecule has 0 aliphatic rings. The third-order valence-corrected chi connectivity index (χ3v) is 2.35. The van der Waals surface area contributed by atoms with Crippen molar-refractivity contribution in [3.8, 4) is 5.75 Å². The third-order valence-electron chi connectivity index (χ3n) is 2.35. The molecule has 0 amide bonds. The van der Waals surface area contributed by atoms with Crippen LogP contribution in [0.25, 0.3) is 0 Å². The average Bonchev–Trinajstić information content (AvgIpc) is 2.33. The van der Waals surface area contributed by atoms with E-state index in [9.17, 15) is 23.3 Å². The largest absolute Gasteiger partial charge is 0.484 e. The highest BCUT2D eigenvalue weighted by Crippen LogP contribution is 2.26. The Kier molecular flexibility index (Phi) is 5.32. The van der Waals surface area contributed by atoms with E-state index in [-0.39, 0.29) is 24.0 Å². The van der Waals surface area contributed by atoms with Crippen LogP contribution in [0.4, 0.5) is 18.9 Å². The molecule has 0 aliphatic carbocycles. The summed E-state index contributed by atoms with van der Waals surface area (Å²) in [7, 11) is 0. The van der Waals surface area contributed by atoms with Crippen LogP contribution in [-0.2, 0) is 6.54 Å². The molecule has 112 valence electrons. The molecular weight excluding hydrogens is 277 g/mol. The van der Waals surface area contributed by atoms with Crippen LogP contribution in [0.15, 0.2) is 18.2 Å². The second-order valence-electron chi connectivity index (χ2n) is 4.49. The van der Waals surface area contributed by atoms with Gasteiger partial charge in [-0.1, -0.05) is 13.8 Å². The maximum absolute atomic E-state index is 12.1. The average molecular weight is 292 g/mol. The first kappa shape index (κ1) is 16.2. The lowest BCUT2D eigenvalue weighted by Crippen LogP contribution is -2.23. The lowest BCUT2D eigenvalue weighted by Gasteiger charge is -2.14. The summed E-state index contributed by atoms with van der Waals surface area (Å²) in [6.45, 7) is 2.47. The Balaban J connectivity index is 2.93. The number of nitrogens with one attached hydrogen (secondary N) is 1. The second kappa shape index (κ2) is 6.56. The number of non-ortho nitro benzene ring substituents is 1. The summed E-state index contributed by atoms with van der Waals surface area (Å²) >= 11 is 0. The van der Waals surface area contributed by atoms with Crippen LogP contribution in [0.1, 0.15) is 19.4 Å². The first-order valence-electron chi connectivity index (χ1n) is 5.89. The quantitative estimate of drug-likeness (QED) is 0.646. The van der Waals surface area contributed by atoms with Crippen LogP contribution in [-0.4, -0.2) is 23.7 Å². The number of hydrogen-bond acceptors (Lipinski definition) is 4. The Hall–Kier alpha value is -1.83. The summed E-state index contributed by atoms with van der Waals surface area (Å²) in [4.78, 5) is 10.1. The predicted molar refractivity (Wildman–Crippen MR) is 66.6 cm³/mol. The van der Waals surface area contributed by atoms with Crippen molar-refractivity contribution in [2.75, 3.05) is 6.61 Å². The summed E-state index contributed by atoms with van der Waals surface area (Å²) < 4.78 is 41.1. The minimum absolute atomic E-state index is 0.0129. The molecule has 0 heterocycles. The van der Waals surface area contributed by atoms with Crippen LogP contribution >= 0.6 is 0 Å². The van der Waals surface area contributed by atoms with Gasteiger partial charge in [-0.05, 0) is 6.07 Å². The molecule has 0 bridgehead atoms. The Labute approximate surface area is 113 Å². The van der Waals surface area contributed by atoms with Crippen LogP contribution in [0, 0.1) is 10.1 Å². The molecule has 0 spiro atoms. The topological polar surface area (TPSA) is 64.4 Å². The summed E-state index contributed by atoms with van der Waals surface area (Å²) in [5.74, 6) is -0.0129. The number of ether oxygens (including phenoxy) is 1. The summed E-state index contributed by atoms with van der Waals surface area (Å²) in [5, 5.41) is 13.7. The number of nitro benzene ring substituents is 1. The van der Waals surface area contributed by atoms with Gasteiger partial charge in [0.15, 0.2) is 6.61 Å². The van der Waals surface area contributed by atoms with Gasteiger partial charge in [0.2, 0.25) is 0 Å². The monoisotopic (exact) mass is 292 g/mol. The van der Waals surface area contributed by atoms with Gasteiger partial charge in [-0.3, -0.25) is 10.1 Å². The summed E-state index contributed by atoms with van der Waals surface area (Å²) in [6.07, 6.45) is -4.45. The minimum atomic E-state index is -4.45. The lowest BCUT2D eigenvalue weighted by atomic mass is 10.1. The lowest BCUT2D eigenvalue weighted by molar-refractivity contribution is -0.384. The fourth-order valence-electron chi connectivity index (χ4n) is 1.43. The number of hydrogen-bond donors (Lipinski definition) is 1. The molecule has 1 N–H and O–H groups in total. The third kappa shape index (κ3) is 5.43. The van der Waals surface area contributed by atoms with Gasteiger partial charge in [-0.15, -0.1) is 0 Å². The molecule has 0 fully saturated rings. The Morgan fingerprint density at radius 1 is 1.40 bits per heavy atom. The highest BCUT2D eigenvalue weighted by Gasteiger charge is 2.29. The van der Waals surface area contributed by atoms with E-state index in [1.165, 1.54) is 12.1 Å². The van der Waals surface area contributed by atoms with E-state index < -0.39 is 17.7 Å². The highest BCUT2D eigenvalue weighted by atomic mass is 19.4. The normalized spacial score (nSPS) is 11.7. The highest BCUT2D eigenvalue weighted by molar-refractivity contribution is 5.43. The zero-order valence-electron chi connectivity index (χ0n) is 11.0. The fraction of sp³-hybridized carbons (Fsp3) is 0.500. The Morgan fingerprint density at radius 3 is 2.55 bits per heavy atom. The second-order valence-corrected chi connectivity index (χ2v) is 4.49. The fourth-order valence-corrected chi connectivity index (χ4v) is 1.43. The molecule has 5 nitrogen and oxygen atoms in total. The van der Waals surface area contributed by atoms with E-state index in [2.05, 4.69) is 10.1 Å². The van der Waals surface area contributed by atoms with Gasteiger partial charge in [-0.25, -0.2) is 0 Å². The molecule has 8 heteroatoms. The number of rotatable bonds is 6. The van der Waals surface area contributed by atoms with Crippen molar-refractivity contribution in [1.29, 1.82) is 0 Å². The molecule has 0 saturated heterocycles. The number of alkyl halides is 3. The van der Waals surface area contributed by atoms with Gasteiger partial charge in [0, 0.05) is 30.3 Å². The number of benzene rings is 1. The van der Waals surface area contributed by atoms with E-state index >= 15 is 0 Å². The molecule has 1 aromatic carbocycles. The standard InChI is InChI=1S/C12H15F3N2O3/c1-8(2)16-6-9-5-10(17(18)19)3-4-11(9)20-7-12(13,14)15/h3-5,8,16H,6-7H2,1-2H3. The van der Waals surface area contributed by atoms with Gasteiger partial charge >= 0.3 is 6.18 Å². The maximum Gasteiger partial charge on any atom is 0.422 e. The molecule has 0 atom stereocenters. The van der Waals surface area contributed by atoms with Crippen LogP contribution < -0.4 is 10.1 Å². The van der Waals surface area contributed by atoms with Gasteiger partial charge < -0.3 is 10.1 Å². The van der Waals surface area contributed by atoms with Gasteiger partial charge in [0.1, 0.15) is 5.75 Å². The van der Waals surface area contributed by atoms with Crippen LogP contribution in [0.2, 0.25) is 0 Å². The first-order chi connectivity index (χ1) is 9.19. The molecule has 0 unspecified atom stereocenters. The Morgan fingerprint density at radius 2 is 2.05 bits per heavy atom. The molecular formula is C12H15F3N2O3. The van der Waals surface area contributed by atoms with Crippen molar-refractivity contribution in [3.63, 3.8) is 0 Å². The van der Waals surface area contributed by atoms with Gasteiger partial charge in [0.05, 0.1) is 4.92 Å². The molecule has 0 radical (unpaired) electrons. The SMILES string of the molecule is CC(C)NCc1cc([N+](=O)[O-])ccc1OCC(F)(F)F. The predicted octanol–water partition coefficient (Wildman–Crippen LogP) is 3.03. The summed E-state index contributed by atoms with van der Waals surface area (Å²) in [5.41, 5.74) is 0.127. The van der Waals surface area contributed by atoms with Crippen molar-refractivity contribution in [3.05, 3.63) is 33.9 Å². The van der Waals surface area contributed by atoms with Crippen molar-refractivity contribution in [1.82, 2.24) is 5.32 Å². The Bertz CT molecular complexity index is 476. The van der Waals surface area contributed by atoms with Crippen molar-refractivity contribution < 1.29 is 22.8 Å². The van der Waals surface area contributed by atoms with E-state index in [1.807, 2.05) is 13.8 Å². The van der Waals surface area contributed by atoms with Crippen LogP contribution in [0.5, 0.6) is 5.75 Å². The van der Waals surface area contributed by atoms with Crippen molar-refractivity contribution >= 4 is 5.69 Å². The number of halogens is 3. The number of nitrogens with zero attached hydrogens (tertiary/aromatic N) is 1. The molecule has 1 rings (SSSR count). The zero-order valence-corrected chi connectivity index (χ0v) is 11.0. The molecule has 1 aromatic rings. The van der Waals surface area contributed by atoms with E-state index in [0.717, 1.165) is 6.07 Å². The van der Waals surface area contributed by atoms with Gasteiger partial charge in [-0.2, -0.15) is 13.2 Å². The van der Waals surface area contributed by atoms with E-state index in [0.29, 0.717) is 5.56 Å². The smallest absolute Gasteiger partial charge is 0.422 e. The zero-order chi connectivity index (χ0) is 15.3. The first-order valence-corrected chi connectivity index (χ1v) is 5.89.